The lowest BCUT2D eigenvalue weighted by Gasteiger charge is -2.00. The largest absolute Gasteiger partial charge is 0.479 e. The highest BCUT2D eigenvalue weighted by Gasteiger charge is 2.17. The predicted molar refractivity (Wildman–Crippen MR) is 101 cm³/mol. The van der Waals surface area contributed by atoms with Gasteiger partial charge in [0.05, 0.1) is 5.69 Å². The molecule has 0 unspecified atom stereocenters. The van der Waals surface area contributed by atoms with Crippen molar-refractivity contribution in [2.75, 3.05) is 6.61 Å². The Morgan fingerprint density at radius 3 is 2.54 bits per heavy atom. The SMILES string of the molecule is N#CCOc1ccc(/C=C/c2nc(-c3ccccc3)c(C(=O)O)s2)cc1. The summed E-state index contributed by atoms with van der Waals surface area (Å²) in [4.78, 5) is 16.2. The fraction of sp³-hybridized carbons (Fsp3) is 0.0500. The van der Waals surface area contributed by atoms with Gasteiger partial charge >= 0.3 is 5.97 Å². The van der Waals surface area contributed by atoms with Crippen molar-refractivity contribution < 1.29 is 14.6 Å². The van der Waals surface area contributed by atoms with Gasteiger partial charge in [-0.25, -0.2) is 9.78 Å². The number of aromatic nitrogens is 1. The maximum Gasteiger partial charge on any atom is 0.348 e. The normalized spacial score (nSPS) is 10.6. The molecule has 0 saturated heterocycles. The summed E-state index contributed by atoms with van der Waals surface area (Å²) in [5.74, 6) is -0.363. The van der Waals surface area contributed by atoms with E-state index in [0.717, 1.165) is 22.5 Å². The predicted octanol–water partition coefficient (Wildman–Crippen LogP) is 4.58. The van der Waals surface area contributed by atoms with Crippen LogP contribution in [0.5, 0.6) is 5.75 Å². The number of benzene rings is 2. The Hall–Kier alpha value is -3.43. The smallest absolute Gasteiger partial charge is 0.348 e. The van der Waals surface area contributed by atoms with Crippen LogP contribution in [-0.4, -0.2) is 22.7 Å². The molecule has 128 valence electrons. The molecule has 1 N–H and O–H groups in total. The van der Waals surface area contributed by atoms with Crippen molar-refractivity contribution in [1.82, 2.24) is 4.98 Å². The summed E-state index contributed by atoms with van der Waals surface area (Å²) in [7, 11) is 0. The molecule has 3 aromatic rings. The highest BCUT2D eigenvalue weighted by molar-refractivity contribution is 7.15. The lowest BCUT2D eigenvalue weighted by molar-refractivity contribution is 0.0702. The second-order valence-corrected chi connectivity index (χ2v) is 6.28. The van der Waals surface area contributed by atoms with Crippen molar-refractivity contribution in [3.05, 3.63) is 70.0 Å². The standard InChI is InChI=1S/C20H14N2O3S/c21-12-13-25-16-9-6-14(7-10-16)8-11-17-22-18(19(26-17)20(23)24)15-4-2-1-3-5-15/h1-11H,13H2,(H,23,24)/b11-8+. The van der Waals surface area contributed by atoms with E-state index >= 15 is 0 Å². The molecule has 26 heavy (non-hydrogen) atoms. The molecule has 0 fully saturated rings. The third-order valence-electron chi connectivity index (χ3n) is 3.49. The topological polar surface area (TPSA) is 83.2 Å². The van der Waals surface area contributed by atoms with Gasteiger partial charge in [0.15, 0.2) is 6.61 Å². The fourth-order valence-corrected chi connectivity index (χ4v) is 3.13. The van der Waals surface area contributed by atoms with Crippen LogP contribution < -0.4 is 4.74 Å². The molecule has 0 spiro atoms. The number of carboxylic acid groups (broad SMARTS) is 1. The van der Waals surface area contributed by atoms with Gasteiger partial charge < -0.3 is 9.84 Å². The Balaban J connectivity index is 1.83. The maximum absolute atomic E-state index is 11.5. The zero-order valence-corrected chi connectivity index (χ0v) is 14.4. The second kappa shape index (κ2) is 8.10. The zero-order valence-electron chi connectivity index (χ0n) is 13.6. The molecule has 0 bridgehead atoms. The van der Waals surface area contributed by atoms with Gasteiger partial charge in [-0.15, -0.1) is 11.3 Å². The van der Waals surface area contributed by atoms with Crippen LogP contribution in [0.4, 0.5) is 0 Å². The molecule has 6 heteroatoms. The van der Waals surface area contributed by atoms with Crippen LogP contribution in [-0.2, 0) is 0 Å². The number of hydrogen-bond donors (Lipinski definition) is 1. The number of thiazole rings is 1. The number of ether oxygens (including phenoxy) is 1. The highest BCUT2D eigenvalue weighted by Crippen LogP contribution is 2.29. The minimum Gasteiger partial charge on any atom is -0.479 e. The summed E-state index contributed by atoms with van der Waals surface area (Å²) in [5, 5.41) is 18.6. The van der Waals surface area contributed by atoms with E-state index in [4.69, 9.17) is 10.00 Å². The van der Waals surface area contributed by atoms with Gasteiger partial charge in [-0.3, -0.25) is 0 Å². The van der Waals surface area contributed by atoms with Crippen molar-refractivity contribution in [1.29, 1.82) is 5.26 Å². The monoisotopic (exact) mass is 362 g/mol. The summed E-state index contributed by atoms with van der Waals surface area (Å²) < 4.78 is 5.21. The van der Waals surface area contributed by atoms with Gasteiger partial charge in [0, 0.05) is 5.56 Å². The van der Waals surface area contributed by atoms with Crippen LogP contribution in [0.1, 0.15) is 20.2 Å². The first kappa shape index (κ1) is 17.4. The first-order valence-electron chi connectivity index (χ1n) is 7.75. The molecule has 0 saturated carbocycles. The van der Waals surface area contributed by atoms with Crippen LogP contribution in [0.15, 0.2) is 54.6 Å². The Kier molecular flexibility index (Phi) is 5.42. The van der Waals surface area contributed by atoms with Crippen molar-refractivity contribution in [3.63, 3.8) is 0 Å². The van der Waals surface area contributed by atoms with E-state index in [-0.39, 0.29) is 11.5 Å². The first-order valence-corrected chi connectivity index (χ1v) is 8.56. The Bertz CT molecular complexity index is 971. The van der Waals surface area contributed by atoms with Crippen molar-refractivity contribution in [2.45, 2.75) is 0 Å². The summed E-state index contributed by atoms with van der Waals surface area (Å²) in [6.07, 6.45) is 3.64. The van der Waals surface area contributed by atoms with Crippen LogP contribution in [0.2, 0.25) is 0 Å². The molecular formula is C20H14N2O3S. The van der Waals surface area contributed by atoms with E-state index in [1.54, 1.807) is 18.2 Å². The van der Waals surface area contributed by atoms with Gasteiger partial charge in [-0.2, -0.15) is 5.26 Å². The zero-order chi connectivity index (χ0) is 18.4. The number of nitrogens with zero attached hydrogens (tertiary/aromatic N) is 2. The molecule has 2 aromatic carbocycles. The van der Waals surface area contributed by atoms with Crippen LogP contribution in [0, 0.1) is 11.3 Å². The third-order valence-corrected chi connectivity index (χ3v) is 4.50. The van der Waals surface area contributed by atoms with Gasteiger partial charge in [0.2, 0.25) is 0 Å². The molecule has 0 atom stereocenters. The average molecular weight is 362 g/mol. The van der Waals surface area contributed by atoms with E-state index in [9.17, 15) is 9.90 Å². The van der Waals surface area contributed by atoms with Crippen molar-refractivity contribution in [3.8, 4) is 23.1 Å². The molecule has 0 amide bonds. The molecule has 1 heterocycles. The Morgan fingerprint density at radius 2 is 1.88 bits per heavy atom. The Labute approximate surface area is 154 Å². The lowest BCUT2D eigenvalue weighted by Crippen LogP contribution is -1.95. The van der Waals surface area contributed by atoms with Crippen LogP contribution in [0.25, 0.3) is 23.4 Å². The van der Waals surface area contributed by atoms with E-state index in [1.165, 1.54) is 0 Å². The van der Waals surface area contributed by atoms with Gasteiger partial charge in [0.1, 0.15) is 21.7 Å². The van der Waals surface area contributed by atoms with Crippen LogP contribution >= 0.6 is 11.3 Å². The first-order chi connectivity index (χ1) is 12.7. The molecule has 5 nitrogen and oxygen atoms in total. The van der Waals surface area contributed by atoms with Gasteiger partial charge in [0.25, 0.3) is 0 Å². The van der Waals surface area contributed by atoms with Gasteiger partial charge in [-0.05, 0) is 23.8 Å². The summed E-state index contributed by atoms with van der Waals surface area (Å²) in [6, 6.07) is 18.4. The average Bonchev–Trinajstić information content (AvgIpc) is 3.11. The van der Waals surface area contributed by atoms with E-state index in [2.05, 4.69) is 4.98 Å². The second-order valence-electron chi connectivity index (χ2n) is 5.25. The highest BCUT2D eigenvalue weighted by atomic mass is 32.1. The maximum atomic E-state index is 11.5. The fourth-order valence-electron chi connectivity index (χ4n) is 2.30. The molecule has 0 radical (unpaired) electrons. The molecule has 3 rings (SSSR count). The molecular weight excluding hydrogens is 348 g/mol. The van der Waals surface area contributed by atoms with Crippen molar-refractivity contribution >= 4 is 29.5 Å². The Morgan fingerprint density at radius 1 is 1.15 bits per heavy atom. The number of carbonyl (C=O) groups is 1. The number of rotatable bonds is 6. The molecule has 0 aliphatic rings. The van der Waals surface area contributed by atoms with Crippen LogP contribution in [0.3, 0.4) is 0 Å². The third kappa shape index (κ3) is 4.15. The van der Waals surface area contributed by atoms with Crippen molar-refractivity contribution in [2.24, 2.45) is 0 Å². The number of aromatic carboxylic acids is 1. The van der Waals surface area contributed by atoms with Gasteiger partial charge in [-0.1, -0.05) is 48.5 Å². The minimum atomic E-state index is -0.986. The summed E-state index contributed by atoms with van der Waals surface area (Å²) in [6.45, 7) is 0.00846. The quantitative estimate of drug-likeness (QED) is 0.694. The summed E-state index contributed by atoms with van der Waals surface area (Å²) in [5.41, 5.74) is 2.17. The molecule has 0 aliphatic heterocycles. The lowest BCUT2D eigenvalue weighted by atomic mass is 10.1. The summed E-state index contributed by atoms with van der Waals surface area (Å²) >= 11 is 1.14. The van der Waals surface area contributed by atoms with E-state index in [0.29, 0.717) is 16.5 Å². The number of hydrogen-bond acceptors (Lipinski definition) is 5. The molecule has 0 aliphatic carbocycles. The number of carboxylic acids is 1. The number of nitriles is 1. The minimum absolute atomic E-state index is 0.00846. The van der Waals surface area contributed by atoms with E-state index < -0.39 is 5.97 Å². The van der Waals surface area contributed by atoms with E-state index in [1.807, 2.05) is 54.6 Å². The molecule has 1 aromatic heterocycles.